The Morgan fingerprint density at radius 2 is 1.64 bits per heavy atom. The number of hydrogen-bond donors (Lipinski definition) is 1. The van der Waals surface area contributed by atoms with Gasteiger partial charge >= 0.3 is 0 Å². The fourth-order valence-corrected chi connectivity index (χ4v) is 6.07. The molecule has 1 saturated heterocycles. The summed E-state index contributed by atoms with van der Waals surface area (Å²) in [7, 11) is 6.25. The van der Waals surface area contributed by atoms with Crippen molar-refractivity contribution in [2.24, 2.45) is 0 Å². The molecule has 4 rings (SSSR count). The molecule has 0 bridgehead atoms. The van der Waals surface area contributed by atoms with Crippen molar-refractivity contribution >= 4 is 33.6 Å². The second-order valence-electron chi connectivity index (χ2n) is 9.94. The molecule has 1 N–H and O–H groups in total. The highest BCUT2D eigenvalue weighted by Gasteiger charge is 2.33. The molecule has 234 valence electrons. The number of nitrogens with zero attached hydrogens (tertiary/aromatic N) is 1. The van der Waals surface area contributed by atoms with Crippen molar-refractivity contribution < 1.29 is 38.4 Å². The summed E-state index contributed by atoms with van der Waals surface area (Å²) < 4.78 is 35.8. The van der Waals surface area contributed by atoms with Gasteiger partial charge in [0.25, 0.3) is 0 Å². The summed E-state index contributed by atoms with van der Waals surface area (Å²) in [4.78, 5) is 13.3. The minimum absolute atomic E-state index is 0.0448. The second kappa shape index (κ2) is 15.4. The van der Waals surface area contributed by atoms with Gasteiger partial charge in [-0.1, -0.05) is 21.9 Å². The summed E-state index contributed by atoms with van der Waals surface area (Å²) in [5.74, 6) is 4.96. The van der Waals surface area contributed by atoms with Gasteiger partial charge in [0.1, 0.15) is 6.04 Å². The average Bonchev–Trinajstić information content (AvgIpc) is 3.54. The number of methoxy groups -OCH3 is 4. The van der Waals surface area contributed by atoms with Gasteiger partial charge in [0.15, 0.2) is 23.0 Å². The van der Waals surface area contributed by atoms with Gasteiger partial charge in [0.05, 0.1) is 47.8 Å². The number of carbonyl (C=O) groups excluding carboxylic acids is 1. The van der Waals surface area contributed by atoms with Gasteiger partial charge in [0.2, 0.25) is 11.7 Å². The van der Waals surface area contributed by atoms with Crippen LogP contribution < -0.4 is 23.7 Å². The molecule has 1 fully saturated rings. The van der Waals surface area contributed by atoms with Crippen LogP contribution in [0.1, 0.15) is 48.1 Å². The minimum atomic E-state index is -1.09. The highest BCUT2D eigenvalue weighted by atomic mass is 79.9. The summed E-state index contributed by atoms with van der Waals surface area (Å²) in [6.07, 6.45) is 6.25. The van der Waals surface area contributed by atoms with Crippen LogP contribution in [0.2, 0.25) is 0 Å². The molecule has 0 aromatic heterocycles. The first-order chi connectivity index (χ1) is 21.2. The van der Waals surface area contributed by atoms with Crippen LogP contribution in [0.5, 0.6) is 28.7 Å². The van der Waals surface area contributed by atoms with Crippen LogP contribution in [0, 0.1) is 12.3 Å². The first kappa shape index (κ1) is 33.3. The number of ether oxygens (including phenoxy) is 6. The molecule has 1 heterocycles. The Bertz CT molecular complexity index is 1470. The SMILES string of the molecule is C#CC(c1cc(C2COC(c3cc(OC)c(OC)c(OC)c3)C2)cc(OC)c1OCCSc1ccc(Br)cc1)N(O)C(C)=O. The summed E-state index contributed by atoms with van der Waals surface area (Å²) in [5, 5.41) is 11.2. The van der Waals surface area contributed by atoms with Crippen molar-refractivity contribution in [1.82, 2.24) is 5.06 Å². The molecule has 44 heavy (non-hydrogen) atoms. The predicted octanol–water partition coefficient (Wildman–Crippen LogP) is 6.81. The molecule has 3 unspecified atom stereocenters. The summed E-state index contributed by atoms with van der Waals surface area (Å²) in [5.41, 5.74) is 2.21. The number of halogens is 1. The molecule has 1 aliphatic rings. The standard InChI is InChI=1S/C33H36BrNO8S/c1-7-27(35(37)20(2)36)26-14-21(15-29(38-3)32(26)42-12-13-44-25-10-8-24(34)9-11-25)23-18-28(43-19-23)22-16-30(39-4)33(41-6)31(17-22)40-5/h1,8-11,14-17,23,27-28,37H,12-13,18-19H2,2-6H3. The lowest BCUT2D eigenvalue weighted by Gasteiger charge is -2.25. The molecule has 3 aromatic carbocycles. The number of amides is 1. The average molecular weight is 687 g/mol. The number of hydrogen-bond acceptors (Lipinski definition) is 9. The van der Waals surface area contributed by atoms with Crippen molar-refractivity contribution in [2.75, 3.05) is 47.4 Å². The Morgan fingerprint density at radius 1 is 1.02 bits per heavy atom. The third kappa shape index (κ3) is 7.56. The number of rotatable bonds is 13. The van der Waals surface area contributed by atoms with Crippen LogP contribution in [0.15, 0.2) is 57.9 Å². The van der Waals surface area contributed by atoms with E-state index in [1.54, 1.807) is 40.2 Å². The van der Waals surface area contributed by atoms with E-state index in [9.17, 15) is 10.0 Å². The van der Waals surface area contributed by atoms with E-state index in [-0.39, 0.29) is 12.0 Å². The third-order valence-corrected chi connectivity index (χ3v) is 8.79. The highest BCUT2D eigenvalue weighted by Crippen LogP contribution is 2.47. The lowest BCUT2D eigenvalue weighted by molar-refractivity contribution is -0.169. The maximum absolute atomic E-state index is 12.2. The molecule has 0 saturated carbocycles. The predicted molar refractivity (Wildman–Crippen MR) is 171 cm³/mol. The van der Waals surface area contributed by atoms with Gasteiger partial charge in [-0.3, -0.25) is 10.0 Å². The topological polar surface area (TPSA) is 95.9 Å². The molecule has 0 radical (unpaired) electrons. The highest BCUT2D eigenvalue weighted by molar-refractivity contribution is 9.10. The van der Waals surface area contributed by atoms with E-state index in [2.05, 4.69) is 21.9 Å². The number of hydroxylamine groups is 2. The Morgan fingerprint density at radius 3 is 2.20 bits per heavy atom. The van der Waals surface area contributed by atoms with Gasteiger partial charge in [-0.25, -0.2) is 5.06 Å². The van der Waals surface area contributed by atoms with Crippen molar-refractivity contribution in [3.8, 4) is 41.1 Å². The van der Waals surface area contributed by atoms with Crippen LogP contribution in [-0.2, 0) is 9.53 Å². The normalized spacial score (nSPS) is 16.5. The fraction of sp³-hybridized carbons (Fsp3) is 0.364. The first-order valence-electron chi connectivity index (χ1n) is 13.8. The van der Waals surface area contributed by atoms with Gasteiger partial charge in [-0.2, -0.15) is 0 Å². The Labute approximate surface area is 270 Å². The van der Waals surface area contributed by atoms with E-state index in [0.717, 1.165) is 20.5 Å². The van der Waals surface area contributed by atoms with E-state index in [0.29, 0.717) is 64.8 Å². The molecule has 9 nitrogen and oxygen atoms in total. The van der Waals surface area contributed by atoms with Crippen LogP contribution in [0.25, 0.3) is 0 Å². The molecule has 1 amide bonds. The summed E-state index contributed by atoms with van der Waals surface area (Å²) in [6.45, 7) is 2.00. The third-order valence-electron chi connectivity index (χ3n) is 7.29. The van der Waals surface area contributed by atoms with E-state index in [1.807, 2.05) is 48.5 Å². The molecular weight excluding hydrogens is 650 g/mol. The lowest BCUT2D eigenvalue weighted by atomic mass is 9.90. The molecule has 3 atom stereocenters. The maximum atomic E-state index is 12.2. The molecule has 0 aliphatic carbocycles. The molecule has 3 aromatic rings. The van der Waals surface area contributed by atoms with Crippen LogP contribution in [-0.4, -0.2) is 63.6 Å². The Balaban J connectivity index is 1.63. The zero-order chi connectivity index (χ0) is 31.8. The lowest BCUT2D eigenvalue weighted by Crippen LogP contribution is -2.29. The smallest absolute Gasteiger partial charge is 0.244 e. The Kier molecular flexibility index (Phi) is 11.7. The monoisotopic (exact) mass is 685 g/mol. The zero-order valence-electron chi connectivity index (χ0n) is 25.3. The summed E-state index contributed by atoms with van der Waals surface area (Å²) in [6, 6.07) is 14.4. The summed E-state index contributed by atoms with van der Waals surface area (Å²) >= 11 is 5.09. The van der Waals surface area contributed by atoms with E-state index in [1.165, 1.54) is 6.92 Å². The number of thioether (sulfide) groups is 1. The molecular formula is C33H36BrNO8S. The first-order valence-corrected chi connectivity index (χ1v) is 15.6. The minimum Gasteiger partial charge on any atom is -0.493 e. The number of carbonyl (C=O) groups is 1. The van der Waals surface area contributed by atoms with Crippen molar-refractivity contribution in [3.05, 3.63) is 69.7 Å². The van der Waals surface area contributed by atoms with Gasteiger partial charge in [-0.15, -0.1) is 18.2 Å². The van der Waals surface area contributed by atoms with Crippen LogP contribution in [0.3, 0.4) is 0 Å². The number of benzene rings is 3. The van der Waals surface area contributed by atoms with E-state index < -0.39 is 11.9 Å². The molecule has 11 heteroatoms. The maximum Gasteiger partial charge on any atom is 0.244 e. The second-order valence-corrected chi connectivity index (χ2v) is 12.0. The van der Waals surface area contributed by atoms with E-state index >= 15 is 0 Å². The Hall–Kier alpha value is -3.56. The zero-order valence-corrected chi connectivity index (χ0v) is 27.7. The largest absolute Gasteiger partial charge is 0.493 e. The van der Waals surface area contributed by atoms with Gasteiger partial charge in [-0.05, 0) is 66.1 Å². The van der Waals surface area contributed by atoms with Gasteiger partial charge in [0, 0.05) is 33.5 Å². The van der Waals surface area contributed by atoms with Gasteiger partial charge < -0.3 is 28.4 Å². The van der Waals surface area contributed by atoms with Crippen molar-refractivity contribution in [1.29, 1.82) is 0 Å². The molecule has 1 aliphatic heterocycles. The van der Waals surface area contributed by atoms with Crippen molar-refractivity contribution in [2.45, 2.75) is 36.3 Å². The molecule has 0 spiro atoms. The van der Waals surface area contributed by atoms with Crippen molar-refractivity contribution in [3.63, 3.8) is 0 Å². The number of terminal acetylenes is 1. The van der Waals surface area contributed by atoms with E-state index in [4.69, 9.17) is 34.8 Å². The van der Waals surface area contributed by atoms with Crippen LogP contribution in [0.4, 0.5) is 0 Å². The fourth-order valence-electron chi connectivity index (χ4n) is 5.08. The quantitative estimate of drug-likeness (QED) is 0.0684. The van der Waals surface area contributed by atoms with Crippen LogP contribution >= 0.6 is 27.7 Å².